The lowest BCUT2D eigenvalue weighted by Crippen LogP contribution is -2.16. The van der Waals surface area contributed by atoms with E-state index in [0.29, 0.717) is 5.69 Å². The average Bonchev–Trinajstić information content (AvgIpc) is 2.49. The van der Waals surface area contributed by atoms with Crippen LogP contribution in [0.1, 0.15) is 26.3 Å². The number of nitrogens with zero attached hydrogens (tertiary/aromatic N) is 1. The van der Waals surface area contributed by atoms with Gasteiger partial charge in [0.2, 0.25) is 0 Å². The van der Waals surface area contributed by atoms with Gasteiger partial charge in [-0.15, -0.1) is 0 Å². The second-order valence-corrected chi connectivity index (χ2v) is 4.52. The minimum Gasteiger partial charge on any atom is -0.478 e. The minimum absolute atomic E-state index is 0.0402. The van der Waals surface area contributed by atoms with Gasteiger partial charge in [-0.05, 0) is 30.3 Å². The molecule has 2 aromatic rings. The SMILES string of the molecule is N#Cc1cc(NC(=O)c2ccccc2C(=O)O)ccc1Cl. The first kappa shape index (κ1) is 14.6. The van der Waals surface area contributed by atoms with Gasteiger partial charge in [-0.3, -0.25) is 4.79 Å². The molecule has 0 atom stereocenters. The van der Waals surface area contributed by atoms with Gasteiger partial charge >= 0.3 is 5.97 Å². The van der Waals surface area contributed by atoms with E-state index in [4.69, 9.17) is 22.0 Å². The van der Waals surface area contributed by atoms with E-state index in [2.05, 4.69) is 5.32 Å². The molecule has 0 aromatic heterocycles. The molecule has 1 amide bonds. The molecule has 0 aliphatic carbocycles. The van der Waals surface area contributed by atoms with Crippen molar-refractivity contribution in [3.05, 3.63) is 64.2 Å². The van der Waals surface area contributed by atoms with E-state index < -0.39 is 11.9 Å². The van der Waals surface area contributed by atoms with Crippen molar-refractivity contribution >= 4 is 29.2 Å². The smallest absolute Gasteiger partial charge is 0.336 e. The summed E-state index contributed by atoms with van der Waals surface area (Å²) in [5.74, 6) is -1.76. The molecule has 0 saturated heterocycles. The Morgan fingerprint density at radius 1 is 1.14 bits per heavy atom. The van der Waals surface area contributed by atoms with Crippen LogP contribution < -0.4 is 5.32 Å². The highest BCUT2D eigenvalue weighted by molar-refractivity contribution is 6.31. The largest absolute Gasteiger partial charge is 0.478 e. The molecule has 5 nitrogen and oxygen atoms in total. The number of carbonyl (C=O) groups is 2. The molecule has 0 fully saturated rings. The molecule has 21 heavy (non-hydrogen) atoms. The van der Waals surface area contributed by atoms with Gasteiger partial charge in [0, 0.05) is 5.69 Å². The van der Waals surface area contributed by atoms with E-state index in [-0.39, 0.29) is 21.7 Å². The molecule has 104 valence electrons. The molecule has 0 heterocycles. The summed E-state index contributed by atoms with van der Waals surface area (Å²) in [6.07, 6.45) is 0. The van der Waals surface area contributed by atoms with Crippen LogP contribution in [-0.2, 0) is 0 Å². The Bertz CT molecular complexity index is 766. The highest BCUT2D eigenvalue weighted by atomic mass is 35.5. The van der Waals surface area contributed by atoms with E-state index >= 15 is 0 Å². The number of benzene rings is 2. The van der Waals surface area contributed by atoms with Crippen LogP contribution in [0.25, 0.3) is 0 Å². The van der Waals surface area contributed by atoms with Crippen LogP contribution in [0.5, 0.6) is 0 Å². The zero-order valence-electron chi connectivity index (χ0n) is 10.6. The Labute approximate surface area is 125 Å². The number of carbonyl (C=O) groups excluding carboxylic acids is 1. The highest BCUT2D eigenvalue weighted by Gasteiger charge is 2.16. The van der Waals surface area contributed by atoms with Crippen LogP contribution in [0.4, 0.5) is 5.69 Å². The second-order valence-electron chi connectivity index (χ2n) is 4.11. The Morgan fingerprint density at radius 3 is 2.43 bits per heavy atom. The number of nitrogens with one attached hydrogen (secondary N) is 1. The fourth-order valence-corrected chi connectivity index (χ4v) is 1.91. The number of halogens is 1. The Kier molecular flexibility index (Phi) is 4.21. The number of hydrogen-bond acceptors (Lipinski definition) is 3. The van der Waals surface area contributed by atoms with Crippen molar-refractivity contribution in [2.75, 3.05) is 5.32 Å². The maximum absolute atomic E-state index is 12.1. The summed E-state index contributed by atoms with van der Waals surface area (Å²) in [6.45, 7) is 0. The van der Waals surface area contributed by atoms with E-state index in [0.717, 1.165) is 0 Å². The normalized spacial score (nSPS) is 9.71. The minimum atomic E-state index is -1.19. The van der Waals surface area contributed by atoms with E-state index in [1.165, 1.54) is 36.4 Å². The maximum Gasteiger partial charge on any atom is 0.336 e. The fourth-order valence-electron chi connectivity index (χ4n) is 1.75. The monoisotopic (exact) mass is 300 g/mol. The zero-order chi connectivity index (χ0) is 15.4. The predicted molar refractivity (Wildman–Crippen MR) is 77.5 cm³/mol. The fraction of sp³-hybridized carbons (Fsp3) is 0. The van der Waals surface area contributed by atoms with Gasteiger partial charge in [0.1, 0.15) is 6.07 Å². The number of amides is 1. The molecule has 0 saturated carbocycles. The van der Waals surface area contributed by atoms with Gasteiger partial charge in [-0.1, -0.05) is 23.7 Å². The lowest BCUT2D eigenvalue weighted by molar-refractivity contribution is 0.0692. The third-order valence-corrected chi connectivity index (χ3v) is 3.08. The van der Waals surface area contributed by atoms with Gasteiger partial charge in [-0.25, -0.2) is 4.79 Å². The molecule has 0 spiro atoms. The van der Waals surface area contributed by atoms with Crippen molar-refractivity contribution in [2.45, 2.75) is 0 Å². The summed E-state index contributed by atoms with van der Waals surface area (Å²) in [5.41, 5.74) is 0.532. The van der Waals surface area contributed by atoms with E-state index in [1.54, 1.807) is 6.07 Å². The lowest BCUT2D eigenvalue weighted by Gasteiger charge is -2.08. The third kappa shape index (κ3) is 3.19. The average molecular weight is 301 g/mol. The van der Waals surface area contributed by atoms with Gasteiger partial charge in [0.25, 0.3) is 5.91 Å². The van der Waals surface area contributed by atoms with Crippen LogP contribution in [0.15, 0.2) is 42.5 Å². The second kappa shape index (κ2) is 6.07. The molecule has 0 aliphatic rings. The lowest BCUT2D eigenvalue weighted by atomic mass is 10.1. The van der Waals surface area contributed by atoms with Crippen molar-refractivity contribution in [1.29, 1.82) is 5.26 Å². The van der Waals surface area contributed by atoms with Crippen molar-refractivity contribution in [1.82, 2.24) is 0 Å². The molecular weight excluding hydrogens is 292 g/mol. The van der Waals surface area contributed by atoms with Crippen molar-refractivity contribution in [3.8, 4) is 6.07 Å². The Morgan fingerprint density at radius 2 is 1.81 bits per heavy atom. The summed E-state index contributed by atoms with van der Waals surface area (Å²) >= 11 is 5.80. The summed E-state index contributed by atoms with van der Waals surface area (Å²) in [6, 6.07) is 12.2. The third-order valence-electron chi connectivity index (χ3n) is 2.75. The molecule has 6 heteroatoms. The number of hydrogen-bond donors (Lipinski definition) is 2. The van der Waals surface area contributed by atoms with Crippen LogP contribution in [0.2, 0.25) is 5.02 Å². The van der Waals surface area contributed by atoms with Crippen LogP contribution in [0, 0.1) is 11.3 Å². The van der Waals surface area contributed by atoms with Crippen LogP contribution in [0.3, 0.4) is 0 Å². The molecule has 0 aliphatic heterocycles. The van der Waals surface area contributed by atoms with Crippen molar-refractivity contribution in [2.24, 2.45) is 0 Å². The summed E-state index contributed by atoms with van der Waals surface area (Å²) in [4.78, 5) is 23.2. The number of nitriles is 1. The standard InChI is InChI=1S/C15H9ClN2O3/c16-13-6-5-10(7-9(13)8-17)18-14(19)11-3-1-2-4-12(11)15(20)21/h1-7H,(H,18,19)(H,20,21). The molecule has 2 rings (SSSR count). The van der Waals surface area contributed by atoms with Crippen LogP contribution in [-0.4, -0.2) is 17.0 Å². The number of anilines is 1. The first-order valence-corrected chi connectivity index (χ1v) is 6.24. The number of carboxylic acid groups (broad SMARTS) is 1. The maximum atomic E-state index is 12.1. The van der Waals surface area contributed by atoms with E-state index in [9.17, 15) is 9.59 Å². The topological polar surface area (TPSA) is 90.2 Å². The van der Waals surface area contributed by atoms with Crippen molar-refractivity contribution < 1.29 is 14.7 Å². The van der Waals surface area contributed by atoms with Crippen LogP contribution >= 0.6 is 11.6 Å². The molecular formula is C15H9ClN2O3. The summed E-state index contributed by atoms with van der Waals surface area (Å²) in [5, 5.41) is 20.8. The van der Waals surface area contributed by atoms with Gasteiger partial charge in [0.15, 0.2) is 0 Å². The van der Waals surface area contributed by atoms with E-state index in [1.807, 2.05) is 6.07 Å². The number of carboxylic acids is 1. The zero-order valence-corrected chi connectivity index (χ0v) is 11.4. The molecule has 2 N–H and O–H groups in total. The Balaban J connectivity index is 2.31. The quantitative estimate of drug-likeness (QED) is 0.911. The summed E-state index contributed by atoms with van der Waals surface area (Å²) < 4.78 is 0. The molecule has 0 radical (unpaired) electrons. The van der Waals surface area contributed by atoms with Gasteiger partial charge in [0.05, 0.1) is 21.7 Å². The summed E-state index contributed by atoms with van der Waals surface area (Å²) in [7, 11) is 0. The number of rotatable bonds is 3. The molecule has 2 aromatic carbocycles. The van der Waals surface area contributed by atoms with Gasteiger partial charge < -0.3 is 10.4 Å². The Hall–Kier alpha value is -2.84. The highest BCUT2D eigenvalue weighted by Crippen LogP contribution is 2.20. The van der Waals surface area contributed by atoms with Crippen molar-refractivity contribution in [3.63, 3.8) is 0 Å². The molecule has 0 bridgehead atoms. The predicted octanol–water partition coefficient (Wildman–Crippen LogP) is 3.16. The molecule has 0 unspecified atom stereocenters. The van der Waals surface area contributed by atoms with Gasteiger partial charge in [-0.2, -0.15) is 5.26 Å². The number of aromatic carboxylic acids is 1. The first-order chi connectivity index (χ1) is 10.0. The first-order valence-electron chi connectivity index (χ1n) is 5.86.